The van der Waals surface area contributed by atoms with Crippen LogP contribution in [0.25, 0.3) is 11.3 Å². The monoisotopic (exact) mass is 377 g/mol. The predicted octanol–water partition coefficient (Wildman–Crippen LogP) is 5.38. The number of hydrogen-bond donors (Lipinski definition) is 1. The largest absolute Gasteiger partial charge is 0.321 e. The SMILES string of the molecule is Cc1ccc2c(c1)-c1c(c(C(=O)Nc3ccc(C(C)C)cc3)nn1C)CS2. The second-order valence-electron chi connectivity index (χ2n) is 7.32. The van der Waals surface area contributed by atoms with Gasteiger partial charge >= 0.3 is 0 Å². The van der Waals surface area contributed by atoms with Gasteiger partial charge in [-0.1, -0.05) is 37.6 Å². The van der Waals surface area contributed by atoms with Crippen LogP contribution in [-0.2, 0) is 12.8 Å². The van der Waals surface area contributed by atoms with Crippen molar-refractivity contribution in [3.8, 4) is 11.3 Å². The molecule has 5 heteroatoms. The molecule has 4 rings (SSSR count). The fraction of sp³-hybridized carbons (Fsp3) is 0.273. The zero-order chi connectivity index (χ0) is 19.1. The molecule has 0 bridgehead atoms. The molecule has 3 aromatic rings. The van der Waals surface area contributed by atoms with Crippen LogP contribution in [0.4, 0.5) is 5.69 Å². The number of hydrogen-bond acceptors (Lipinski definition) is 3. The number of carbonyl (C=O) groups excluding carboxylic acids is 1. The summed E-state index contributed by atoms with van der Waals surface area (Å²) in [6.07, 6.45) is 0. The Morgan fingerprint density at radius 2 is 1.93 bits per heavy atom. The van der Waals surface area contributed by atoms with Crippen molar-refractivity contribution in [3.63, 3.8) is 0 Å². The van der Waals surface area contributed by atoms with Crippen LogP contribution in [0.2, 0.25) is 0 Å². The second-order valence-corrected chi connectivity index (χ2v) is 8.34. The maximum absolute atomic E-state index is 12.9. The Kier molecular flexibility index (Phi) is 4.56. The fourth-order valence-corrected chi connectivity index (χ4v) is 4.52. The van der Waals surface area contributed by atoms with Gasteiger partial charge in [-0.15, -0.1) is 11.8 Å². The molecule has 27 heavy (non-hydrogen) atoms. The molecule has 1 N–H and O–H groups in total. The number of carbonyl (C=O) groups is 1. The van der Waals surface area contributed by atoms with Crippen LogP contribution in [0.15, 0.2) is 47.4 Å². The molecule has 0 unspecified atom stereocenters. The van der Waals surface area contributed by atoms with Crippen LogP contribution < -0.4 is 5.32 Å². The van der Waals surface area contributed by atoms with Gasteiger partial charge in [0.1, 0.15) is 0 Å². The van der Waals surface area contributed by atoms with Gasteiger partial charge in [0.15, 0.2) is 5.69 Å². The van der Waals surface area contributed by atoms with Crippen molar-refractivity contribution in [1.29, 1.82) is 0 Å². The summed E-state index contributed by atoms with van der Waals surface area (Å²) >= 11 is 1.76. The van der Waals surface area contributed by atoms with Crippen LogP contribution >= 0.6 is 11.8 Å². The summed E-state index contributed by atoms with van der Waals surface area (Å²) in [4.78, 5) is 14.1. The number of thioether (sulfide) groups is 1. The van der Waals surface area contributed by atoms with Gasteiger partial charge in [0, 0.05) is 34.5 Å². The summed E-state index contributed by atoms with van der Waals surface area (Å²) in [7, 11) is 1.91. The molecule has 1 aliphatic heterocycles. The number of amides is 1. The second kappa shape index (κ2) is 6.89. The average molecular weight is 378 g/mol. The molecule has 1 aliphatic rings. The van der Waals surface area contributed by atoms with Gasteiger partial charge < -0.3 is 5.32 Å². The summed E-state index contributed by atoms with van der Waals surface area (Å²) in [5.41, 5.74) is 7.00. The summed E-state index contributed by atoms with van der Waals surface area (Å²) in [5, 5.41) is 7.55. The molecule has 0 aliphatic carbocycles. The van der Waals surface area contributed by atoms with Gasteiger partial charge in [-0.2, -0.15) is 5.10 Å². The molecule has 4 nitrogen and oxygen atoms in total. The average Bonchev–Trinajstić information content (AvgIpc) is 2.99. The van der Waals surface area contributed by atoms with Gasteiger partial charge in [0.05, 0.1) is 5.69 Å². The quantitative estimate of drug-likeness (QED) is 0.667. The number of nitrogens with zero attached hydrogens (tertiary/aromatic N) is 2. The summed E-state index contributed by atoms with van der Waals surface area (Å²) < 4.78 is 1.84. The summed E-state index contributed by atoms with van der Waals surface area (Å²) in [6, 6.07) is 14.5. The summed E-state index contributed by atoms with van der Waals surface area (Å²) in [6.45, 7) is 6.40. The maximum atomic E-state index is 12.9. The molecular formula is C22H23N3OS. The maximum Gasteiger partial charge on any atom is 0.276 e. The lowest BCUT2D eigenvalue weighted by Crippen LogP contribution is -2.15. The van der Waals surface area contributed by atoms with E-state index < -0.39 is 0 Å². The molecule has 0 saturated carbocycles. The molecule has 0 radical (unpaired) electrons. The first-order chi connectivity index (χ1) is 12.9. The van der Waals surface area contributed by atoms with E-state index in [0.29, 0.717) is 11.6 Å². The number of aromatic nitrogens is 2. The number of aryl methyl sites for hydroxylation is 2. The Morgan fingerprint density at radius 3 is 2.63 bits per heavy atom. The number of anilines is 1. The topological polar surface area (TPSA) is 46.9 Å². The minimum absolute atomic E-state index is 0.152. The molecule has 1 aromatic heterocycles. The van der Waals surface area contributed by atoms with Crippen LogP contribution in [-0.4, -0.2) is 15.7 Å². The Hall–Kier alpha value is -2.53. The molecule has 0 fully saturated rings. The van der Waals surface area contributed by atoms with Crippen LogP contribution in [0.1, 0.15) is 46.9 Å². The Morgan fingerprint density at radius 1 is 1.19 bits per heavy atom. The molecule has 0 saturated heterocycles. The lowest BCUT2D eigenvalue weighted by molar-refractivity contribution is 0.102. The van der Waals surface area contributed by atoms with E-state index >= 15 is 0 Å². The molecule has 138 valence electrons. The first-order valence-corrected chi connectivity index (χ1v) is 10.1. The van der Waals surface area contributed by atoms with E-state index in [1.807, 2.05) is 23.9 Å². The third-order valence-electron chi connectivity index (χ3n) is 4.96. The van der Waals surface area contributed by atoms with E-state index in [9.17, 15) is 4.79 Å². The number of rotatable bonds is 3. The third-order valence-corrected chi connectivity index (χ3v) is 6.06. The van der Waals surface area contributed by atoms with Gasteiger partial charge in [-0.25, -0.2) is 0 Å². The van der Waals surface area contributed by atoms with Gasteiger partial charge in [-0.3, -0.25) is 9.48 Å². The van der Waals surface area contributed by atoms with E-state index in [0.717, 1.165) is 28.3 Å². The molecule has 2 aromatic carbocycles. The van der Waals surface area contributed by atoms with E-state index in [1.165, 1.54) is 16.0 Å². The minimum atomic E-state index is -0.152. The van der Waals surface area contributed by atoms with Crippen molar-refractivity contribution in [2.75, 3.05) is 5.32 Å². The Bertz CT molecular complexity index is 1020. The van der Waals surface area contributed by atoms with Crippen molar-refractivity contribution in [3.05, 3.63) is 64.8 Å². The van der Waals surface area contributed by atoms with Crippen molar-refractivity contribution < 1.29 is 4.79 Å². The summed E-state index contributed by atoms with van der Waals surface area (Å²) in [5.74, 6) is 1.08. The number of nitrogens with one attached hydrogen (secondary N) is 1. The van der Waals surface area contributed by atoms with E-state index in [4.69, 9.17) is 0 Å². The van der Waals surface area contributed by atoms with Gasteiger partial charge in [0.25, 0.3) is 5.91 Å². The van der Waals surface area contributed by atoms with Gasteiger partial charge in [-0.05, 0) is 42.7 Å². The Balaban J connectivity index is 1.66. The molecule has 2 heterocycles. The smallest absolute Gasteiger partial charge is 0.276 e. The number of fused-ring (bicyclic) bond motifs is 3. The zero-order valence-electron chi connectivity index (χ0n) is 16.0. The number of benzene rings is 2. The van der Waals surface area contributed by atoms with Crippen molar-refractivity contribution in [1.82, 2.24) is 9.78 Å². The highest BCUT2D eigenvalue weighted by Crippen LogP contribution is 2.43. The van der Waals surface area contributed by atoms with Crippen molar-refractivity contribution in [2.45, 2.75) is 37.3 Å². The van der Waals surface area contributed by atoms with Crippen molar-refractivity contribution >= 4 is 23.4 Å². The third kappa shape index (κ3) is 3.28. The van der Waals surface area contributed by atoms with Gasteiger partial charge in [0.2, 0.25) is 0 Å². The van der Waals surface area contributed by atoms with Crippen LogP contribution in [0.3, 0.4) is 0 Å². The first-order valence-electron chi connectivity index (χ1n) is 9.15. The van der Waals surface area contributed by atoms with Crippen molar-refractivity contribution in [2.24, 2.45) is 7.05 Å². The zero-order valence-corrected chi connectivity index (χ0v) is 16.9. The fourth-order valence-electron chi connectivity index (χ4n) is 3.47. The predicted molar refractivity (Wildman–Crippen MR) is 111 cm³/mol. The lowest BCUT2D eigenvalue weighted by atomic mass is 10.0. The normalized spacial score (nSPS) is 12.6. The van der Waals surface area contributed by atoms with Crippen LogP contribution in [0, 0.1) is 6.92 Å². The highest BCUT2D eigenvalue weighted by atomic mass is 32.2. The highest BCUT2D eigenvalue weighted by Gasteiger charge is 2.27. The minimum Gasteiger partial charge on any atom is -0.321 e. The first kappa shape index (κ1) is 17.9. The standard InChI is InChI=1S/C22H23N3OS/c1-13(2)15-6-8-16(9-7-15)23-22(26)20-18-12-27-19-10-5-14(3)11-17(19)21(18)25(4)24-20/h5-11,13H,12H2,1-4H3,(H,23,26). The molecule has 1 amide bonds. The molecule has 0 atom stereocenters. The van der Waals surface area contributed by atoms with E-state index in [1.54, 1.807) is 11.8 Å². The lowest BCUT2D eigenvalue weighted by Gasteiger charge is -2.18. The molecule has 0 spiro atoms. The highest BCUT2D eigenvalue weighted by molar-refractivity contribution is 7.98. The molecular weight excluding hydrogens is 354 g/mol. The van der Waals surface area contributed by atoms with E-state index in [-0.39, 0.29) is 5.91 Å². The van der Waals surface area contributed by atoms with Crippen LogP contribution in [0.5, 0.6) is 0 Å². The Labute approximate surface area is 164 Å². The van der Waals surface area contributed by atoms with E-state index in [2.05, 4.69) is 61.5 Å².